The van der Waals surface area contributed by atoms with Gasteiger partial charge >= 0.3 is 5.97 Å². The summed E-state index contributed by atoms with van der Waals surface area (Å²) in [6, 6.07) is 4.04. The molecule has 2 aromatic rings. The second kappa shape index (κ2) is 8.23. The Hall–Kier alpha value is -2.24. The molecule has 0 fully saturated rings. The number of rotatable bonds is 7. The molecule has 8 heteroatoms. The Balaban J connectivity index is 1.83. The van der Waals surface area contributed by atoms with E-state index in [4.69, 9.17) is 4.74 Å². The van der Waals surface area contributed by atoms with Crippen LogP contribution < -0.4 is 5.32 Å². The maximum atomic E-state index is 11.9. The van der Waals surface area contributed by atoms with Crippen LogP contribution in [-0.4, -0.2) is 29.0 Å². The number of nitrogens with zero attached hydrogens (tertiary/aromatic N) is 2. The minimum atomic E-state index is -0.992. The fourth-order valence-electron chi connectivity index (χ4n) is 1.88. The predicted molar refractivity (Wildman–Crippen MR) is 97.1 cm³/mol. The number of thiophene rings is 1. The zero-order chi connectivity index (χ0) is 18.4. The van der Waals surface area contributed by atoms with Crippen molar-refractivity contribution in [2.45, 2.75) is 32.7 Å². The summed E-state index contributed by atoms with van der Waals surface area (Å²) in [6.07, 6.45) is 0.00756. The quantitative estimate of drug-likeness (QED) is 0.749. The van der Waals surface area contributed by atoms with Crippen molar-refractivity contribution in [3.63, 3.8) is 0 Å². The molecule has 2 aromatic heterocycles. The van der Waals surface area contributed by atoms with E-state index in [1.54, 1.807) is 23.6 Å². The predicted octanol–water partition coefficient (Wildman–Crippen LogP) is 3.01. The number of carbonyl (C=O) groups is 2. The standard InChI is InChI=1S/C17H19N3O3S2/c1-11(2)17(3,10-18)20-14(21)7-23-15(22)6-13-9-25-16(19-13)12-4-5-24-8-12/h4-5,8-9,11H,6-7H2,1-3H3,(H,20,21)/t17-/m0/s1. The van der Waals surface area contributed by atoms with E-state index in [0.717, 1.165) is 10.6 Å². The van der Waals surface area contributed by atoms with Crippen LogP contribution in [0.15, 0.2) is 22.2 Å². The molecule has 0 aromatic carbocycles. The number of nitriles is 1. The number of nitrogens with one attached hydrogen (secondary N) is 1. The number of ether oxygens (including phenoxy) is 1. The summed E-state index contributed by atoms with van der Waals surface area (Å²) in [5.74, 6) is -1.09. The van der Waals surface area contributed by atoms with E-state index in [-0.39, 0.29) is 12.3 Å². The third-order valence-electron chi connectivity index (χ3n) is 3.80. The molecule has 1 atom stereocenters. The van der Waals surface area contributed by atoms with E-state index >= 15 is 0 Å². The van der Waals surface area contributed by atoms with Gasteiger partial charge in [0.05, 0.1) is 18.2 Å². The highest BCUT2D eigenvalue weighted by molar-refractivity contribution is 7.14. The summed E-state index contributed by atoms with van der Waals surface area (Å²) in [6.45, 7) is 4.90. The summed E-state index contributed by atoms with van der Waals surface area (Å²) in [4.78, 5) is 28.2. The smallest absolute Gasteiger partial charge is 0.312 e. The van der Waals surface area contributed by atoms with Gasteiger partial charge in [-0.05, 0) is 24.3 Å². The Labute approximate surface area is 154 Å². The van der Waals surface area contributed by atoms with Crippen molar-refractivity contribution < 1.29 is 14.3 Å². The van der Waals surface area contributed by atoms with Gasteiger partial charge in [-0.15, -0.1) is 11.3 Å². The molecule has 0 aliphatic rings. The lowest BCUT2D eigenvalue weighted by molar-refractivity contribution is -0.148. The van der Waals surface area contributed by atoms with Crippen molar-refractivity contribution in [3.05, 3.63) is 27.9 Å². The molecule has 25 heavy (non-hydrogen) atoms. The normalized spacial score (nSPS) is 13.1. The summed E-state index contributed by atoms with van der Waals surface area (Å²) in [5, 5.41) is 18.4. The highest BCUT2D eigenvalue weighted by Gasteiger charge is 2.30. The average Bonchev–Trinajstić information content (AvgIpc) is 3.23. The molecule has 2 heterocycles. The molecule has 2 rings (SSSR count). The molecular formula is C17H19N3O3S2. The van der Waals surface area contributed by atoms with Gasteiger partial charge in [-0.2, -0.15) is 16.6 Å². The highest BCUT2D eigenvalue weighted by atomic mass is 32.1. The summed E-state index contributed by atoms with van der Waals surface area (Å²) in [5.41, 5.74) is 0.646. The Morgan fingerprint density at radius 1 is 1.44 bits per heavy atom. The van der Waals surface area contributed by atoms with Gasteiger partial charge in [0, 0.05) is 16.3 Å². The molecular weight excluding hydrogens is 358 g/mol. The van der Waals surface area contributed by atoms with Crippen LogP contribution in [0.3, 0.4) is 0 Å². The molecule has 0 aliphatic heterocycles. The minimum Gasteiger partial charge on any atom is -0.455 e. The van der Waals surface area contributed by atoms with E-state index in [9.17, 15) is 14.9 Å². The SMILES string of the molecule is CC(C)[C@](C)(C#N)NC(=O)COC(=O)Cc1csc(-c2ccsc2)n1. The molecule has 0 spiro atoms. The van der Waals surface area contributed by atoms with Crippen molar-refractivity contribution in [1.82, 2.24) is 10.3 Å². The molecule has 6 nitrogen and oxygen atoms in total. The van der Waals surface area contributed by atoms with Crippen LogP contribution in [-0.2, 0) is 20.7 Å². The van der Waals surface area contributed by atoms with E-state index in [1.807, 2.05) is 30.7 Å². The Bertz CT molecular complexity index is 777. The van der Waals surface area contributed by atoms with Crippen molar-refractivity contribution in [3.8, 4) is 16.6 Å². The molecule has 132 valence electrons. The van der Waals surface area contributed by atoms with Crippen LogP contribution in [0.5, 0.6) is 0 Å². The fourth-order valence-corrected chi connectivity index (χ4v) is 3.41. The molecule has 0 unspecified atom stereocenters. The number of hydrogen-bond acceptors (Lipinski definition) is 7. The monoisotopic (exact) mass is 377 g/mol. The second-order valence-corrected chi connectivity index (χ2v) is 7.65. The zero-order valence-corrected chi connectivity index (χ0v) is 15.9. The van der Waals surface area contributed by atoms with Crippen molar-refractivity contribution in [2.24, 2.45) is 5.92 Å². The Morgan fingerprint density at radius 3 is 2.80 bits per heavy atom. The van der Waals surface area contributed by atoms with Crippen LogP contribution in [0.25, 0.3) is 10.6 Å². The van der Waals surface area contributed by atoms with Crippen LogP contribution in [0.4, 0.5) is 0 Å². The number of esters is 1. The van der Waals surface area contributed by atoms with Gasteiger partial charge in [-0.1, -0.05) is 13.8 Å². The van der Waals surface area contributed by atoms with Crippen LogP contribution in [0.2, 0.25) is 0 Å². The van der Waals surface area contributed by atoms with E-state index in [2.05, 4.69) is 16.4 Å². The lowest BCUT2D eigenvalue weighted by Gasteiger charge is -2.27. The van der Waals surface area contributed by atoms with Gasteiger partial charge in [-0.25, -0.2) is 4.98 Å². The maximum absolute atomic E-state index is 11.9. The number of aromatic nitrogens is 1. The maximum Gasteiger partial charge on any atom is 0.312 e. The molecule has 0 radical (unpaired) electrons. The lowest BCUT2D eigenvalue weighted by atomic mass is 9.90. The molecule has 1 amide bonds. The van der Waals surface area contributed by atoms with Crippen molar-refractivity contribution in [2.75, 3.05) is 6.61 Å². The number of carbonyl (C=O) groups excluding carboxylic acids is 2. The molecule has 0 bridgehead atoms. The van der Waals surface area contributed by atoms with Crippen molar-refractivity contribution in [1.29, 1.82) is 5.26 Å². The van der Waals surface area contributed by atoms with E-state index in [0.29, 0.717) is 5.69 Å². The molecule has 1 N–H and O–H groups in total. The van der Waals surface area contributed by atoms with Gasteiger partial charge < -0.3 is 10.1 Å². The Kier molecular flexibility index (Phi) is 6.28. The molecule has 0 saturated carbocycles. The average molecular weight is 377 g/mol. The first-order valence-electron chi connectivity index (χ1n) is 7.69. The number of thiazole rings is 1. The van der Waals surface area contributed by atoms with E-state index < -0.39 is 24.0 Å². The number of amides is 1. The van der Waals surface area contributed by atoms with Gasteiger partial charge in [-0.3, -0.25) is 9.59 Å². The lowest BCUT2D eigenvalue weighted by Crippen LogP contribution is -2.50. The van der Waals surface area contributed by atoms with Gasteiger partial charge in [0.2, 0.25) is 0 Å². The first-order valence-corrected chi connectivity index (χ1v) is 9.51. The van der Waals surface area contributed by atoms with Crippen LogP contribution >= 0.6 is 22.7 Å². The minimum absolute atomic E-state index is 0.00756. The summed E-state index contributed by atoms with van der Waals surface area (Å²) >= 11 is 3.04. The molecule has 0 saturated heterocycles. The third-order valence-corrected chi connectivity index (χ3v) is 5.42. The third kappa shape index (κ3) is 5.11. The second-order valence-electron chi connectivity index (χ2n) is 6.01. The van der Waals surface area contributed by atoms with Gasteiger partial charge in [0.25, 0.3) is 5.91 Å². The summed E-state index contributed by atoms with van der Waals surface area (Å²) in [7, 11) is 0. The summed E-state index contributed by atoms with van der Waals surface area (Å²) < 4.78 is 4.98. The van der Waals surface area contributed by atoms with Gasteiger partial charge in [0.15, 0.2) is 6.61 Å². The highest BCUT2D eigenvalue weighted by Crippen LogP contribution is 2.25. The Morgan fingerprint density at radius 2 is 2.20 bits per heavy atom. The van der Waals surface area contributed by atoms with E-state index in [1.165, 1.54) is 11.3 Å². The van der Waals surface area contributed by atoms with Crippen LogP contribution in [0, 0.1) is 17.2 Å². The largest absolute Gasteiger partial charge is 0.455 e. The first-order chi connectivity index (χ1) is 11.8. The van der Waals surface area contributed by atoms with Crippen LogP contribution in [0.1, 0.15) is 26.5 Å². The first kappa shape index (κ1) is 19.1. The fraction of sp³-hybridized carbons (Fsp3) is 0.412. The zero-order valence-electron chi connectivity index (χ0n) is 14.2. The van der Waals surface area contributed by atoms with Crippen molar-refractivity contribution >= 4 is 34.6 Å². The topological polar surface area (TPSA) is 92.1 Å². The van der Waals surface area contributed by atoms with Gasteiger partial charge in [0.1, 0.15) is 10.5 Å². The molecule has 0 aliphatic carbocycles. The number of hydrogen-bond donors (Lipinski definition) is 1.